The highest BCUT2D eigenvalue weighted by Gasteiger charge is 2.17. The second-order valence-corrected chi connectivity index (χ2v) is 9.23. The van der Waals surface area contributed by atoms with E-state index < -0.39 is 0 Å². The second-order valence-electron chi connectivity index (χ2n) is 8.26. The van der Waals surface area contributed by atoms with Crippen LogP contribution in [0.1, 0.15) is 34.0 Å². The largest absolute Gasteiger partial charge is 0.444 e. The summed E-state index contributed by atoms with van der Waals surface area (Å²) in [6.07, 6.45) is 6.77. The fraction of sp³-hybridized carbons (Fsp3) is 0.250. The average molecular weight is 487 g/mol. The Morgan fingerprint density at radius 2 is 1.66 bits per heavy atom. The molecular weight excluding hydrogens is 456 g/mol. The standard InChI is InChI=1S/C28H30N4O2S/c33-28(34-21-26-19-30-22-35-26)32(20-24-10-5-2-6-11-24)17-7-14-31-27(25-12-15-29-16-13-25)18-23-8-3-1-4-9-23/h1-6,8-13,15-16,19,22,27,31H,7,14,17-18,20-21H2. The molecule has 4 aromatic rings. The van der Waals surface area contributed by atoms with Gasteiger partial charge in [-0.3, -0.25) is 9.97 Å². The zero-order valence-corrected chi connectivity index (χ0v) is 20.4. The van der Waals surface area contributed by atoms with Crippen LogP contribution < -0.4 is 5.32 Å². The molecular formula is C28H30N4O2S. The molecule has 0 bridgehead atoms. The maximum Gasteiger partial charge on any atom is 0.410 e. The molecule has 2 heterocycles. The molecule has 180 valence electrons. The molecule has 0 aliphatic rings. The molecule has 1 unspecified atom stereocenters. The molecule has 0 saturated heterocycles. The number of aromatic nitrogens is 2. The number of rotatable bonds is 12. The van der Waals surface area contributed by atoms with Gasteiger partial charge in [-0.15, -0.1) is 11.3 Å². The summed E-state index contributed by atoms with van der Waals surface area (Å²) in [7, 11) is 0. The predicted molar refractivity (Wildman–Crippen MR) is 139 cm³/mol. The molecule has 0 radical (unpaired) electrons. The maximum atomic E-state index is 12.9. The van der Waals surface area contributed by atoms with Crippen LogP contribution in [0.3, 0.4) is 0 Å². The van der Waals surface area contributed by atoms with Crippen molar-refractivity contribution in [2.45, 2.75) is 32.0 Å². The van der Waals surface area contributed by atoms with E-state index in [-0.39, 0.29) is 18.7 Å². The summed E-state index contributed by atoms with van der Waals surface area (Å²) in [5.74, 6) is 0. The van der Waals surface area contributed by atoms with E-state index in [1.54, 1.807) is 16.6 Å². The van der Waals surface area contributed by atoms with E-state index in [1.807, 2.05) is 48.8 Å². The number of thiazole rings is 1. The first-order chi connectivity index (χ1) is 17.3. The fourth-order valence-corrected chi connectivity index (χ4v) is 4.38. The molecule has 1 amide bonds. The van der Waals surface area contributed by atoms with Crippen LogP contribution in [0, 0.1) is 0 Å². The van der Waals surface area contributed by atoms with Gasteiger partial charge in [-0.1, -0.05) is 60.7 Å². The Kier molecular flexibility index (Phi) is 9.38. The molecule has 6 nitrogen and oxygen atoms in total. The molecule has 1 atom stereocenters. The summed E-state index contributed by atoms with van der Waals surface area (Å²) in [6.45, 7) is 2.12. The summed E-state index contributed by atoms with van der Waals surface area (Å²) < 4.78 is 5.58. The minimum absolute atomic E-state index is 0.168. The van der Waals surface area contributed by atoms with Crippen molar-refractivity contribution in [3.05, 3.63) is 118 Å². The fourth-order valence-electron chi connectivity index (χ4n) is 3.88. The van der Waals surface area contributed by atoms with E-state index >= 15 is 0 Å². The number of amides is 1. The number of hydrogen-bond acceptors (Lipinski definition) is 6. The summed E-state index contributed by atoms with van der Waals surface area (Å²) in [4.78, 5) is 23.8. The molecule has 2 aromatic carbocycles. The Labute approximate surface area is 210 Å². The van der Waals surface area contributed by atoms with E-state index in [0.29, 0.717) is 13.1 Å². The second kappa shape index (κ2) is 13.4. The van der Waals surface area contributed by atoms with E-state index in [0.717, 1.165) is 29.8 Å². The highest BCUT2D eigenvalue weighted by molar-refractivity contribution is 7.09. The summed E-state index contributed by atoms with van der Waals surface area (Å²) in [5, 5.41) is 3.68. The van der Waals surface area contributed by atoms with Gasteiger partial charge >= 0.3 is 6.09 Å². The molecule has 0 aliphatic carbocycles. The van der Waals surface area contributed by atoms with Crippen LogP contribution >= 0.6 is 11.3 Å². The number of carbonyl (C=O) groups excluding carboxylic acids is 1. The Morgan fingerprint density at radius 1 is 0.943 bits per heavy atom. The zero-order valence-electron chi connectivity index (χ0n) is 19.6. The summed E-state index contributed by atoms with van der Waals surface area (Å²) in [6, 6.07) is 24.8. The van der Waals surface area contributed by atoms with Gasteiger partial charge in [0.25, 0.3) is 0 Å². The predicted octanol–water partition coefficient (Wildman–Crippen LogP) is 5.64. The first kappa shape index (κ1) is 24.6. The number of pyridine rings is 1. The molecule has 35 heavy (non-hydrogen) atoms. The van der Waals surface area contributed by atoms with Gasteiger partial charge in [0, 0.05) is 37.7 Å². The third kappa shape index (κ3) is 8.02. The third-order valence-electron chi connectivity index (χ3n) is 5.68. The van der Waals surface area contributed by atoms with Crippen molar-refractivity contribution in [2.75, 3.05) is 13.1 Å². The first-order valence-corrected chi connectivity index (χ1v) is 12.7. The Hall–Kier alpha value is -3.55. The quantitative estimate of drug-likeness (QED) is 0.263. The molecule has 7 heteroatoms. The summed E-state index contributed by atoms with van der Waals surface area (Å²) in [5.41, 5.74) is 5.30. The first-order valence-electron chi connectivity index (χ1n) is 11.8. The van der Waals surface area contributed by atoms with E-state index in [9.17, 15) is 4.79 Å². The average Bonchev–Trinajstić information content (AvgIpc) is 3.44. The molecule has 1 N–H and O–H groups in total. The number of ether oxygens (including phenoxy) is 1. The lowest BCUT2D eigenvalue weighted by atomic mass is 9.99. The third-order valence-corrected chi connectivity index (χ3v) is 6.44. The van der Waals surface area contributed by atoms with E-state index in [4.69, 9.17) is 4.74 Å². The van der Waals surface area contributed by atoms with Crippen LogP contribution in [-0.4, -0.2) is 34.1 Å². The number of nitrogens with zero attached hydrogens (tertiary/aromatic N) is 3. The van der Waals surface area contributed by atoms with Crippen molar-refractivity contribution in [2.24, 2.45) is 0 Å². The van der Waals surface area contributed by atoms with Crippen LogP contribution in [-0.2, 0) is 24.3 Å². The van der Waals surface area contributed by atoms with Crippen molar-refractivity contribution >= 4 is 17.4 Å². The van der Waals surface area contributed by atoms with Crippen LogP contribution in [0.5, 0.6) is 0 Å². The van der Waals surface area contributed by atoms with Crippen LogP contribution in [0.25, 0.3) is 0 Å². The van der Waals surface area contributed by atoms with Crippen LogP contribution in [0.2, 0.25) is 0 Å². The SMILES string of the molecule is O=C(OCc1cncs1)N(CCCNC(Cc1ccccc1)c1ccncc1)Cc1ccccc1. The molecule has 0 fully saturated rings. The molecule has 0 aliphatic heterocycles. The Balaban J connectivity index is 1.35. The van der Waals surface area contributed by atoms with Gasteiger partial charge in [-0.2, -0.15) is 0 Å². The molecule has 4 rings (SSSR count). The minimum atomic E-state index is -0.308. The zero-order chi connectivity index (χ0) is 24.1. The van der Waals surface area contributed by atoms with Gasteiger partial charge < -0.3 is 15.0 Å². The Morgan fingerprint density at radius 3 is 2.34 bits per heavy atom. The van der Waals surface area contributed by atoms with Crippen LogP contribution in [0.4, 0.5) is 4.79 Å². The number of nitrogens with one attached hydrogen (secondary N) is 1. The number of benzene rings is 2. The van der Waals surface area contributed by atoms with Crippen molar-refractivity contribution < 1.29 is 9.53 Å². The lowest BCUT2D eigenvalue weighted by Crippen LogP contribution is -2.34. The van der Waals surface area contributed by atoms with Crippen molar-refractivity contribution in [3.63, 3.8) is 0 Å². The van der Waals surface area contributed by atoms with E-state index in [1.165, 1.54) is 22.5 Å². The van der Waals surface area contributed by atoms with Crippen molar-refractivity contribution in [3.8, 4) is 0 Å². The lowest BCUT2D eigenvalue weighted by Gasteiger charge is -2.24. The van der Waals surface area contributed by atoms with Gasteiger partial charge in [0.2, 0.25) is 0 Å². The highest BCUT2D eigenvalue weighted by Crippen LogP contribution is 2.18. The molecule has 0 spiro atoms. The molecule has 0 saturated carbocycles. The van der Waals surface area contributed by atoms with E-state index in [2.05, 4.69) is 51.7 Å². The smallest absolute Gasteiger partial charge is 0.410 e. The highest BCUT2D eigenvalue weighted by atomic mass is 32.1. The lowest BCUT2D eigenvalue weighted by molar-refractivity contribution is 0.0939. The van der Waals surface area contributed by atoms with Crippen LogP contribution in [0.15, 0.2) is 96.9 Å². The molecule has 2 aromatic heterocycles. The normalized spacial score (nSPS) is 11.7. The van der Waals surface area contributed by atoms with Gasteiger partial charge in [-0.25, -0.2) is 4.79 Å². The minimum Gasteiger partial charge on any atom is -0.444 e. The summed E-state index contributed by atoms with van der Waals surface area (Å²) >= 11 is 1.48. The van der Waals surface area contributed by atoms with Gasteiger partial charge in [0.05, 0.1) is 10.4 Å². The van der Waals surface area contributed by atoms with Gasteiger partial charge in [-0.05, 0) is 48.2 Å². The Bertz CT molecular complexity index is 1130. The topological polar surface area (TPSA) is 67.3 Å². The number of hydrogen-bond donors (Lipinski definition) is 1. The van der Waals surface area contributed by atoms with Crippen molar-refractivity contribution in [1.82, 2.24) is 20.2 Å². The van der Waals surface area contributed by atoms with Gasteiger partial charge in [0.1, 0.15) is 6.61 Å². The van der Waals surface area contributed by atoms with Crippen molar-refractivity contribution in [1.29, 1.82) is 0 Å². The maximum absolute atomic E-state index is 12.9. The monoisotopic (exact) mass is 486 g/mol. The van der Waals surface area contributed by atoms with Gasteiger partial charge in [0.15, 0.2) is 0 Å². The number of carbonyl (C=O) groups is 1.